The number of fused-ring (bicyclic) bond motifs is 1. The number of hydrogen-bond acceptors (Lipinski definition) is 2. The maximum absolute atomic E-state index is 3.23. The summed E-state index contributed by atoms with van der Waals surface area (Å²) in [6.07, 6.45) is 2.19. The minimum atomic E-state index is 0.647. The van der Waals surface area contributed by atoms with Gasteiger partial charge in [0.05, 0.1) is 0 Å². The molecule has 0 radical (unpaired) electrons. The summed E-state index contributed by atoms with van der Waals surface area (Å²) in [6.45, 7) is 2.03. The molecule has 2 aromatic rings. The SMILES string of the molecule is CNCc1cccn1CC1CSc2ccccc21. The molecule has 18 heavy (non-hydrogen) atoms. The molecular weight excluding hydrogens is 240 g/mol. The van der Waals surface area contributed by atoms with Gasteiger partial charge in [0.2, 0.25) is 0 Å². The van der Waals surface area contributed by atoms with Gasteiger partial charge in [-0.25, -0.2) is 0 Å². The Balaban J connectivity index is 1.80. The van der Waals surface area contributed by atoms with E-state index < -0.39 is 0 Å². The molecule has 94 valence electrons. The van der Waals surface area contributed by atoms with Crippen LogP contribution in [0.3, 0.4) is 0 Å². The highest BCUT2D eigenvalue weighted by Crippen LogP contribution is 2.40. The van der Waals surface area contributed by atoms with Crippen LogP contribution >= 0.6 is 11.8 Å². The van der Waals surface area contributed by atoms with E-state index in [0.29, 0.717) is 5.92 Å². The van der Waals surface area contributed by atoms with Gasteiger partial charge in [0.25, 0.3) is 0 Å². The topological polar surface area (TPSA) is 17.0 Å². The minimum Gasteiger partial charge on any atom is -0.350 e. The predicted molar refractivity (Wildman–Crippen MR) is 77.1 cm³/mol. The first-order valence-corrected chi connectivity index (χ1v) is 7.37. The first kappa shape index (κ1) is 11.9. The summed E-state index contributed by atoms with van der Waals surface area (Å²) in [7, 11) is 2.00. The summed E-state index contributed by atoms with van der Waals surface area (Å²) in [4.78, 5) is 1.46. The third kappa shape index (κ3) is 2.20. The fourth-order valence-electron chi connectivity index (χ4n) is 2.59. The third-order valence-corrected chi connectivity index (χ3v) is 4.75. The van der Waals surface area contributed by atoms with Gasteiger partial charge in [0, 0.05) is 41.5 Å². The normalized spacial score (nSPS) is 17.9. The summed E-state index contributed by atoms with van der Waals surface area (Å²) >= 11 is 1.99. The van der Waals surface area contributed by atoms with Gasteiger partial charge < -0.3 is 9.88 Å². The van der Waals surface area contributed by atoms with Crippen molar-refractivity contribution in [3.8, 4) is 0 Å². The monoisotopic (exact) mass is 258 g/mol. The van der Waals surface area contributed by atoms with Crippen molar-refractivity contribution in [1.29, 1.82) is 0 Å². The molecule has 0 spiro atoms. The van der Waals surface area contributed by atoms with Crippen molar-refractivity contribution in [3.05, 3.63) is 53.9 Å². The number of rotatable bonds is 4. The van der Waals surface area contributed by atoms with E-state index in [1.165, 1.54) is 21.9 Å². The van der Waals surface area contributed by atoms with Crippen LogP contribution in [0, 0.1) is 0 Å². The summed E-state index contributed by atoms with van der Waals surface area (Å²) in [6, 6.07) is 13.1. The van der Waals surface area contributed by atoms with Gasteiger partial charge in [-0.3, -0.25) is 0 Å². The highest BCUT2D eigenvalue weighted by molar-refractivity contribution is 7.99. The minimum absolute atomic E-state index is 0.647. The molecule has 2 heterocycles. The first-order valence-electron chi connectivity index (χ1n) is 6.39. The van der Waals surface area contributed by atoms with Crippen LogP contribution in [-0.2, 0) is 13.1 Å². The van der Waals surface area contributed by atoms with Crippen molar-refractivity contribution in [1.82, 2.24) is 9.88 Å². The molecule has 3 heteroatoms. The Labute approximate surface area is 112 Å². The van der Waals surface area contributed by atoms with E-state index in [0.717, 1.165) is 13.1 Å². The van der Waals surface area contributed by atoms with E-state index in [1.807, 2.05) is 18.8 Å². The molecule has 3 rings (SSSR count). The Morgan fingerprint density at radius 3 is 3.06 bits per heavy atom. The lowest BCUT2D eigenvalue weighted by atomic mass is 10.0. The van der Waals surface area contributed by atoms with Gasteiger partial charge in [0.1, 0.15) is 0 Å². The van der Waals surface area contributed by atoms with Gasteiger partial charge in [0.15, 0.2) is 0 Å². The van der Waals surface area contributed by atoms with Crippen molar-refractivity contribution >= 4 is 11.8 Å². The van der Waals surface area contributed by atoms with Crippen LogP contribution in [0.25, 0.3) is 0 Å². The van der Waals surface area contributed by atoms with Gasteiger partial charge in [-0.05, 0) is 30.8 Å². The first-order chi connectivity index (χ1) is 8.88. The van der Waals surface area contributed by atoms with E-state index in [1.54, 1.807) is 0 Å². The van der Waals surface area contributed by atoms with Gasteiger partial charge >= 0.3 is 0 Å². The Bertz CT molecular complexity index is 533. The summed E-state index contributed by atoms with van der Waals surface area (Å²) in [5.41, 5.74) is 2.89. The average Bonchev–Trinajstić information content (AvgIpc) is 2.99. The zero-order chi connectivity index (χ0) is 12.4. The summed E-state index contributed by atoms with van der Waals surface area (Å²) < 4.78 is 2.38. The van der Waals surface area contributed by atoms with Crippen LogP contribution in [0.1, 0.15) is 17.2 Å². The number of nitrogens with one attached hydrogen (secondary N) is 1. The van der Waals surface area contributed by atoms with E-state index in [9.17, 15) is 0 Å². The third-order valence-electron chi connectivity index (χ3n) is 3.50. The molecule has 1 aromatic carbocycles. The zero-order valence-corrected chi connectivity index (χ0v) is 11.4. The molecule has 1 atom stereocenters. The standard InChI is InChI=1S/C15H18N2S/c1-16-9-13-5-4-8-17(13)10-12-11-18-15-7-3-2-6-14(12)15/h2-8,12,16H,9-11H2,1H3. The number of nitrogens with zero attached hydrogens (tertiary/aromatic N) is 1. The smallest absolute Gasteiger partial charge is 0.0356 e. The fraction of sp³-hybridized carbons (Fsp3) is 0.333. The van der Waals surface area contributed by atoms with Crippen molar-refractivity contribution in [2.75, 3.05) is 12.8 Å². The second-order valence-corrected chi connectivity index (χ2v) is 5.79. The number of benzene rings is 1. The Morgan fingerprint density at radius 2 is 2.17 bits per heavy atom. The predicted octanol–water partition coefficient (Wildman–Crippen LogP) is 3.10. The maximum atomic E-state index is 3.23. The molecule has 1 aliphatic heterocycles. The van der Waals surface area contributed by atoms with Crippen LogP contribution in [0.4, 0.5) is 0 Å². The maximum Gasteiger partial charge on any atom is 0.0356 e. The second-order valence-electron chi connectivity index (χ2n) is 4.73. The van der Waals surface area contributed by atoms with E-state index in [-0.39, 0.29) is 0 Å². The second kappa shape index (κ2) is 5.21. The number of thioether (sulfide) groups is 1. The van der Waals surface area contributed by atoms with Gasteiger partial charge in [-0.1, -0.05) is 18.2 Å². The Morgan fingerprint density at radius 1 is 1.28 bits per heavy atom. The molecule has 1 aliphatic rings. The van der Waals surface area contributed by atoms with Crippen LogP contribution < -0.4 is 5.32 Å². The number of aromatic nitrogens is 1. The van der Waals surface area contributed by atoms with Crippen LogP contribution in [0.5, 0.6) is 0 Å². The molecule has 0 bridgehead atoms. The molecule has 0 saturated heterocycles. The van der Waals surface area contributed by atoms with E-state index in [2.05, 4.69) is 52.5 Å². The molecule has 0 fully saturated rings. The van der Waals surface area contributed by atoms with Crippen LogP contribution in [0.15, 0.2) is 47.5 Å². The summed E-state index contributed by atoms with van der Waals surface area (Å²) in [5, 5.41) is 3.23. The highest BCUT2D eigenvalue weighted by Gasteiger charge is 2.23. The average molecular weight is 258 g/mol. The van der Waals surface area contributed by atoms with Crippen molar-refractivity contribution in [3.63, 3.8) is 0 Å². The van der Waals surface area contributed by atoms with Crippen LogP contribution in [-0.4, -0.2) is 17.4 Å². The molecular formula is C15H18N2S. The Hall–Kier alpha value is -1.19. The molecule has 1 N–H and O–H groups in total. The molecule has 0 aliphatic carbocycles. The zero-order valence-electron chi connectivity index (χ0n) is 10.6. The largest absolute Gasteiger partial charge is 0.350 e. The molecule has 2 nitrogen and oxygen atoms in total. The van der Waals surface area contributed by atoms with Crippen molar-refractivity contribution < 1.29 is 0 Å². The van der Waals surface area contributed by atoms with E-state index >= 15 is 0 Å². The lowest BCUT2D eigenvalue weighted by molar-refractivity contribution is 0.576. The van der Waals surface area contributed by atoms with E-state index in [4.69, 9.17) is 0 Å². The molecule has 0 saturated carbocycles. The number of hydrogen-bond donors (Lipinski definition) is 1. The van der Waals surface area contributed by atoms with Crippen molar-refractivity contribution in [2.45, 2.75) is 23.9 Å². The highest BCUT2D eigenvalue weighted by atomic mass is 32.2. The summed E-state index contributed by atoms with van der Waals surface area (Å²) in [5.74, 6) is 1.85. The van der Waals surface area contributed by atoms with Crippen molar-refractivity contribution in [2.24, 2.45) is 0 Å². The quantitative estimate of drug-likeness (QED) is 0.907. The Kier molecular flexibility index (Phi) is 3.43. The fourth-order valence-corrected chi connectivity index (χ4v) is 3.83. The molecule has 0 amide bonds. The lowest BCUT2D eigenvalue weighted by Gasteiger charge is -2.15. The molecule has 1 unspecified atom stereocenters. The lowest BCUT2D eigenvalue weighted by Crippen LogP contribution is -2.14. The molecule has 1 aromatic heterocycles. The van der Waals surface area contributed by atoms with Gasteiger partial charge in [-0.15, -0.1) is 11.8 Å². The van der Waals surface area contributed by atoms with Crippen LogP contribution in [0.2, 0.25) is 0 Å². The van der Waals surface area contributed by atoms with Gasteiger partial charge in [-0.2, -0.15) is 0 Å².